The van der Waals surface area contributed by atoms with E-state index in [9.17, 15) is 0 Å². The summed E-state index contributed by atoms with van der Waals surface area (Å²) < 4.78 is 0. The summed E-state index contributed by atoms with van der Waals surface area (Å²) in [5.74, 6) is 6.11. The first-order chi connectivity index (χ1) is 6.93. The lowest BCUT2D eigenvalue weighted by Crippen LogP contribution is -1.69. The number of unbranched alkanes of at least 4 members (excludes halogenated alkanes) is 2. The van der Waals surface area contributed by atoms with Crippen LogP contribution in [0.3, 0.4) is 0 Å². The lowest BCUT2D eigenvalue weighted by molar-refractivity contribution is 0.815. The van der Waals surface area contributed by atoms with E-state index in [-0.39, 0.29) is 0 Å². The van der Waals surface area contributed by atoms with Crippen LogP contribution in [0.2, 0.25) is 0 Å². The first kappa shape index (κ1) is 10.6. The summed E-state index contributed by atoms with van der Waals surface area (Å²) in [4.78, 5) is 0. The Balaban J connectivity index is 2.37. The lowest BCUT2D eigenvalue weighted by Gasteiger charge is -1.85. The van der Waals surface area contributed by atoms with E-state index in [1.54, 1.807) is 0 Å². The van der Waals surface area contributed by atoms with Gasteiger partial charge in [0.15, 0.2) is 0 Å². The lowest BCUT2D eigenvalue weighted by atomic mass is 10.2. The Morgan fingerprint density at radius 1 is 1.21 bits per heavy atom. The van der Waals surface area contributed by atoms with Crippen LogP contribution < -0.4 is 0 Å². The summed E-state index contributed by atoms with van der Waals surface area (Å²) in [6, 6.07) is 10.1. The molecule has 0 N–H and O–H groups in total. The van der Waals surface area contributed by atoms with Crippen molar-refractivity contribution in [2.45, 2.75) is 26.2 Å². The van der Waals surface area contributed by atoms with Crippen molar-refractivity contribution in [1.82, 2.24) is 0 Å². The number of allylic oxidation sites excluding steroid dienone is 2. The molecule has 0 saturated carbocycles. The van der Waals surface area contributed by atoms with Gasteiger partial charge in [0.2, 0.25) is 0 Å². The van der Waals surface area contributed by atoms with E-state index >= 15 is 0 Å². The average molecular weight is 184 g/mol. The van der Waals surface area contributed by atoms with Gasteiger partial charge in [0.1, 0.15) is 0 Å². The monoisotopic (exact) mass is 184 g/mol. The number of rotatable bonds is 3. The molecule has 0 unspecified atom stereocenters. The fourth-order valence-electron chi connectivity index (χ4n) is 1.11. The summed E-state index contributed by atoms with van der Waals surface area (Å²) in [5.41, 5.74) is 1.08. The summed E-state index contributed by atoms with van der Waals surface area (Å²) in [6.07, 6.45) is 7.72. The molecular weight excluding hydrogens is 168 g/mol. The maximum Gasteiger partial charge on any atom is 0.0248 e. The van der Waals surface area contributed by atoms with Crippen LogP contribution in [-0.4, -0.2) is 0 Å². The largest absolute Gasteiger partial charge is 0.0761 e. The van der Waals surface area contributed by atoms with Crippen LogP contribution in [0.1, 0.15) is 31.7 Å². The van der Waals surface area contributed by atoms with E-state index in [0.29, 0.717) is 0 Å². The third-order valence-electron chi connectivity index (χ3n) is 1.92. The van der Waals surface area contributed by atoms with E-state index in [4.69, 9.17) is 0 Å². The highest BCUT2D eigenvalue weighted by atomic mass is 13.8. The average Bonchev–Trinajstić information content (AvgIpc) is 2.25. The smallest absolute Gasteiger partial charge is 0.0248 e. The molecule has 0 heteroatoms. The predicted octanol–water partition coefficient (Wildman–Crippen LogP) is 3.78. The standard InChI is InChI=1S/C14H16/c1-2-3-4-5-6-8-11-14-12-9-7-10-13-14/h5-7,9-10,12-13H,2-4H2,1H3/b6-5-. The second-order valence-corrected chi connectivity index (χ2v) is 3.18. The molecule has 0 nitrogen and oxygen atoms in total. The number of benzene rings is 1. The molecule has 0 heterocycles. The van der Waals surface area contributed by atoms with Gasteiger partial charge in [0.05, 0.1) is 0 Å². The normalized spacial score (nSPS) is 9.79. The van der Waals surface area contributed by atoms with Crippen molar-refractivity contribution in [3.8, 4) is 11.8 Å². The topological polar surface area (TPSA) is 0 Å². The molecule has 0 aromatic heterocycles. The highest BCUT2D eigenvalue weighted by Gasteiger charge is 1.79. The Hall–Kier alpha value is -1.48. The number of hydrogen-bond donors (Lipinski definition) is 0. The van der Waals surface area contributed by atoms with Gasteiger partial charge in [-0.05, 0) is 24.6 Å². The fraction of sp³-hybridized carbons (Fsp3) is 0.286. The van der Waals surface area contributed by atoms with Crippen LogP contribution in [0.15, 0.2) is 42.5 Å². The molecule has 1 aromatic rings. The molecule has 0 atom stereocenters. The Kier molecular flexibility index (Phi) is 5.28. The van der Waals surface area contributed by atoms with Crippen LogP contribution in [0.4, 0.5) is 0 Å². The van der Waals surface area contributed by atoms with Crippen molar-refractivity contribution >= 4 is 0 Å². The first-order valence-electron chi connectivity index (χ1n) is 5.15. The maximum absolute atomic E-state index is 3.08. The zero-order valence-electron chi connectivity index (χ0n) is 8.66. The van der Waals surface area contributed by atoms with E-state index in [1.807, 2.05) is 36.4 Å². The highest BCUT2D eigenvalue weighted by Crippen LogP contribution is 1.96. The van der Waals surface area contributed by atoms with Gasteiger partial charge >= 0.3 is 0 Å². The minimum atomic E-state index is 1.08. The van der Waals surface area contributed by atoms with Crippen molar-refractivity contribution in [3.63, 3.8) is 0 Å². The van der Waals surface area contributed by atoms with Gasteiger partial charge in [-0.3, -0.25) is 0 Å². The quantitative estimate of drug-likeness (QED) is 0.495. The van der Waals surface area contributed by atoms with Gasteiger partial charge in [-0.25, -0.2) is 0 Å². The summed E-state index contributed by atoms with van der Waals surface area (Å²) in [5, 5.41) is 0. The van der Waals surface area contributed by atoms with Crippen LogP contribution in [0.5, 0.6) is 0 Å². The second kappa shape index (κ2) is 6.97. The van der Waals surface area contributed by atoms with Crippen LogP contribution in [0, 0.1) is 11.8 Å². The molecule has 0 aliphatic rings. The van der Waals surface area contributed by atoms with E-state index in [0.717, 1.165) is 12.0 Å². The molecule has 72 valence electrons. The molecule has 0 radical (unpaired) electrons. The molecule has 0 aliphatic carbocycles. The van der Waals surface area contributed by atoms with Crippen LogP contribution in [0.25, 0.3) is 0 Å². The van der Waals surface area contributed by atoms with Gasteiger partial charge in [-0.15, -0.1) is 0 Å². The van der Waals surface area contributed by atoms with Gasteiger partial charge in [0, 0.05) is 5.56 Å². The Morgan fingerprint density at radius 2 is 2.00 bits per heavy atom. The van der Waals surface area contributed by atoms with E-state index in [2.05, 4.69) is 24.8 Å². The molecular formula is C14H16. The number of hydrogen-bond acceptors (Lipinski definition) is 0. The van der Waals surface area contributed by atoms with Crippen LogP contribution >= 0.6 is 0 Å². The van der Waals surface area contributed by atoms with Crippen molar-refractivity contribution in [3.05, 3.63) is 48.0 Å². The fourth-order valence-corrected chi connectivity index (χ4v) is 1.11. The highest BCUT2D eigenvalue weighted by molar-refractivity contribution is 5.36. The molecule has 0 fully saturated rings. The minimum absolute atomic E-state index is 1.08. The SMILES string of the molecule is CCCC/C=C\C#Cc1ccccc1. The van der Waals surface area contributed by atoms with E-state index in [1.165, 1.54) is 12.8 Å². The molecule has 0 spiro atoms. The molecule has 0 saturated heterocycles. The van der Waals surface area contributed by atoms with Gasteiger partial charge in [-0.2, -0.15) is 0 Å². The van der Waals surface area contributed by atoms with E-state index < -0.39 is 0 Å². The Bertz CT molecular complexity index is 322. The Morgan fingerprint density at radius 3 is 2.71 bits per heavy atom. The molecule has 14 heavy (non-hydrogen) atoms. The predicted molar refractivity (Wildman–Crippen MR) is 62.0 cm³/mol. The molecule has 0 bridgehead atoms. The summed E-state index contributed by atoms with van der Waals surface area (Å²) in [6.45, 7) is 2.20. The van der Waals surface area contributed by atoms with Gasteiger partial charge in [-0.1, -0.05) is 55.9 Å². The second-order valence-electron chi connectivity index (χ2n) is 3.18. The zero-order valence-corrected chi connectivity index (χ0v) is 8.66. The Labute approximate surface area is 86.7 Å². The molecule has 1 aromatic carbocycles. The van der Waals surface area contributed by atoms with Gasteiger partial charge < -0.3 is 0 Å². The minimum Gasteiger partial charge on any atom is -0.0761 e. The zero-order chi connectivity index (χ0) is 10.1. The van der Waals surface area contributed by atoms with Crippen molar-refractivity contribution < 1.29 is 0 Å². The third-order valence-corrected chi connectivity index (χ3v) is 1.92. The van der Waals surface area contributed by atoms with Gasteiger partial charge in [0.25, 0.3) is 0 Å². The maximum atomic E-state index is 3.08. The van der Waals surface area contributed by atoms with Crippen molar-refractivity contribution in [2.24, 2.45) is 0 Å². The van der Waals surface area contributed by atoms with Crippen LogP contribution in [-0.2, 0) is 0 Å². The summed E-state index contributed by atoms with van der Waals surface area (Å²) in [7, 11) is 0. The van der Waals surface area contributed by atoms with Crippen molar-refractivity contribution in [2.75, 3.05) is 0 Å². The van der Waals surface area contributed by atoms with Crippen molar-refractivity contribution in [1.29, 1.82) is 0 Å². The summed E-state index contributed by atoms with van der Waals surface area (Å²) >= 11 is 0. The third kappa shape index (κ3) is 4.52. The molecule has 1 rings (SSSR count). The first-order valence-corrected chi connectivity index (χ1v) is 5.15. The molecule has 0 aliphatic heterocycles. The molecule has 0 amide bonds.